The molecule has 0 bridgehead atoms. The van der Waals surface area contributed by atoms with Gasteiger partial charge in [0.1, 0.15) is 11.8 Å². The largest absolute Gasteiger partial charge is 0.508 e. The summed E-state index contributed by atoms with van der Waals surface area (Å²) in [7, 11) is 1.68. The van der Waals surface area contributed by atoms with Crippen molar-refractivity contribution in [2.24, 2.45) is 5.73 Å². The van der Waals surface area contributed by atoms with Gasteiger partial charge in [-0.15, -0.1) is 12.4 Å². The van der Waals surface area contributed by atoms with Crippen LogP contribution in [-0.4, -0.2) is 47.4 Å². The molecule has 2 aromatic carbocycles. The van der Waals surface area contributed by atoms with Gasteiger partial charge < -0.3 is 32.3 Å². The lowest BCUT2D eigenvalue weighted by Gasteiger charge is -2.20. The Hall–Kier alpha value is -3.14. The Morgan fingerprint density at radius 3 is 2.27 bits per heavy atom. The van der Waals surface area contributed by atoms with Gasteiger partial charge in [0.15, 0.2) is 0 Å². The molecule has 0 fully saturated rings. The molecule has 0 aliphatic heterocycles. The van der Waals surface area contributed by atoms with Crippen molar-refractivity contribution in [2.75, 3.05) is 12.4 Å². The summed E-state index contributed by atoms with van der Waals surface area (Å²) in [5.74, 6) is -0.832. The predicted molar refractivity (Wildman–Crippen MR) is 130 cm³/mol. The number of carbonyl (C=O) groups is 3. The fraction of sp³-hybridized carbons (Fsp3) is 0.348. The van der Waals surface area contributed by atoms with Gasteiger partial charge >= 0.3 is 0 Å². The summed E-state index contributed by atoms with van der Waals surface area (Å²) in [4.78, 5) is 36.2. The second-order valence-corrected chi connectivity index (χ2v) is 7.41. The number of primary amides is 1. The van der Waals surface area contributed by atoms with Gasteiger partial charge in [-0.3, -0.25) is 14.4 Å². The van der Waals surface area contributed by atoms with Gasteiger partial charge in [0.2, 0.25) is 17.7 Å². The standard InChI is InChI=1S/C23H30N4O4.ClH.H2O/c1-15(26-23(31)20(25-2)14-16-10-12-18(28)13-11-16)22(30)27-19-8-4-3-6-17(19)7-5-9-21(24)29;;/h3-4,6,8,10-13,15,20,25,28H,5,7,9,14H2,1-2H3,(H2,24,29)(H,26,31)(H,27,30);1H;1H2/t15-,20-;;/m0../s1. The summed E-state index contributed by atoms with van der Waals surface area (Å²) in [5.41, 5.74) is 7.62. The molecule has 0 aliphatic rings. The first-order valence-electron chi connectivity index (χ1n) is 10.2. The van der Waals surface area contributed by atoms with E-state index in [0.717, 1.165) is 11.1 Å². The zero-order valence-corrected chi connectivity index (χ0v) is 19.6. The second kappa shape index (κ2) is 14.8. The molecule has 0 saturated carbocycles. The van der Waals surface area contributed by atoms with Crippen molar-refractivity contribution in [2.45, 2.75) is 44.7 Å². The molecule has 2 rings (SSSR count). The molecule has 0 aliphatic carbocycles. The highest BCUT2D eigenvalue weighted by atomic mass is 35.5. The quantitative estimate of drug-likeness (QED) is 0.324. The fourth-order valence-electron chi connectivity index (χ4n) is 3.13. The third kappa shape index (κ3) is 9.90. The molecule has 0 unspecified atom stereocenters. The van der Waals surface area contributed by atoms with E-state index in [4.69, 9.17) is 5.73 Å². The van der Waals surface area contributed by atoms with E-state index in [2.05, 4.69) is 16.0 Å². The molecule has 0 heterocycles. The van der Waals surface area contributed by atoms with Gasteiger partial charge in [-0.25, -0.2) is 0 Å². The maximum absolute atomic E-state index is 12.6. The van der Waals surface area contributed by atoms with Crippen LogP contribution in [0, 0.1) is 0 Å². The number of nitrogens with one attached hydrogen (secondary N) is 3. The van der Waals surface area contributed by atoms with Crippen molar-refractivity contribution in [3.8, 4) is 5.75 Å². The maximum atomic E-state index is 12.6. The predicted octanol–water partition coefficient (Wildman–Crippen LogP) is 1.07. The first-order chi connectivity index (χ1) is 14.8. The Morgan fingerprint density at radius 1 is 1.03 bits per heavy atom. The second-order valence-electron chi connectivity index (χ2n) is 7.41. The number of rotatable bonds is 11. The van der Waals surface area contributed by atoms with Crippen LogP contribution in [0.2, 0.25) is 0 Å². The summed E-state index contributed by atoms with van der Waals surface area (Å²) in [5, 5.41) is 17.9. The number of likely N-dealkylation sites (N-methyl/N-ethyl adjacent to an activating group) is 1. The van der Waals surface area contributed by atoms with E-state index in [1.54, 1.807) is 44.3 Å². The molecule has 0 radical (unpaired) electrons. The first kappa shape index (κ1) is 29.9. The minimum atomic E-state index is -0.748. The summed E-state index contributed by atoms with van der Waals surface area (Å²) in [6.07, 6.45) is 1.89. The average molecular weight is 481 g/mol. The highest BCUT2D eigenvalue weighted by Gasteiger charge is 2.22. The normalized spacial score (nSPS) is 11.8. The van der Waals surface area contributed by atoms with Gasteiger partial charge in [-0.05, 0) is 62.6 Å². The van der Waals surface area contributed by atoms with Crippen LogP contribution in [0.5, 0.6) is 5.75 Å². The molecule has 0 saturated heterocycles. The molecule has 2 atom stereocenters. The van der Waals surface area contributed by atoms with E-state index in [0.29, 0.717) is 24.9 Å². The number of aromatic hydroxyl groups is 1. The van der Waals surface area contributed by atoms with E-state index in [1.807, 2.05) is 18.2 Å². The zero-order chi connectivity index (χ0) is 22.8. The van der Waals surface area contributed by atoms with Gasteiger partial charge in [0, 0.05) is 12.1 Å². The Morgan fingerprint density at radius 2 is 1.67 bits per heavy atom. The van der Waals surface area contributed by atoms with Crippen molar-refractivity contribution in [1.82, 2.24) is 10.6 Å². The topological polar surface area (TPSA) is 165 Å². The Balaban J connectivity index is 0.00000512. The minimum Gasteiger partial charge on any atom is -0.508 e. The van der Waals surface area contributed by atoms with Gasteiger partial charge in [0.05, 0.1) is 6.04 Å². The lowest BCUT2D eigenvalue weighted by Crippen LogP contribution is -2.50. The summed E-state index contributed by atoms with van der Waals surface area (Å²) < 4.78 is 0. The molecule has 182 valence electrons. The number of halogens is 1. The van der Waals surface area contributed by atoms with Crippen LogP contribution in [0.1, 0.15) is 30.9 Å². The fourth-order valence-corrected chi connectivity index (χ4v) is 3.13. The molecule has 0 aromatic heterocycles. The highest BCUT2D eigenvalue weighted by Crippen LogP contribution is 2.18. The molecule has 2 aromatic rings. The molecule has 33 heavy (non-hydrogen) atoms. The van der Waals surface area contributed by atoms with E-state index in [-0.39, 0.29) is 47.8 Å². The van der Waals surface area contributed by atoms with Crippen molar-refractivity contribution in [3.63, 3.8) is 0 Å². The minimum absolute atomic E-state index is 0. The molecular formula is C23H33ClN4O5. The number of aryl methyl sites for hydroxylation is 1. The number of para-hydroxylation sites is 1. The molecule has 0 spiro atoms. The number of phenolic OH excluding ortho intramolecular Hbond substituents is 1. The van der Waals surface area contributed by atoms with E-state index < -0.39 is 12.1 Å². The Bertz CT molecular complexity index is 908. The van der Waals surface area contributed by atoms with Gasteiger partial charge in [-0.1, -0.05) is 30.3 Å². The molecule has 10 heteroatoms. The monoisotopic (exact) mass is 480 g/mol. The van der Waals surface area contributed by atoms with Crippen LogP contribution in [0.25, 0.3) is 0 Å². The third-order valence-corrected chi connectivity index (χ3v) is 4.94. The van der Waals surface area contributed by atoms with Crippen LogP contribution in [0.3, 0.4) is 0 Å². The lowest BCUT2D eigenvalue weighted by molar-refractivity contribution is -0.127. The number of carbonyl (C=O) groups excluding carboxylic acids is 3. The highest BCUT2D eigenvalue weighted by molar-refractivity contribution is 5.98. The number of benzene rings is 2. The Labute approximate surface area is 199 Å². The molecule has 9 nitrogen and oxygen atoms in total. The lowest BCUT2D eigenvalue weighted by atomic mass is 10.0. The van der Waals surface area contributed by atoms with E-state index >= 15 is 0 Å². The van der Waals surface area contributed by atoms with E-state index in [9.17, 15) is 19.5 Å². The van der Waals surface area contributed by atoms with Crippen LogP contribution in [0.15, 0.2) is 48.5 Å². The van der Waals surface area contributed by atoms with Crippen LogP contribution in [0.4, 0.5) is 5.69 Å². The SMILES string of the molecule is CN[C@@H](Cc1ccc(O)cc1)C(=O)N[C@@H](C)C(=O)Nc1ccccc1CCCC(N)=O.Cl.O. The molecule has 8 N–H and O–H groups in total. The zero-order valence-electron chi connectivity index (χ0n) is 18.8. The Kier molecular flexibility index (Phi) is 13.4. The number of nitrogens with two attached hydrogens (primary N) is 1. The van der Waals surface area contributed by atoms with Crippen molar-refractivity contribution < 1.29 is 25.0 Å². The third-order valence-electron chi connectivity index (χ3n) is 4.94. The van der Waals surface area contributed by atoms with Crippen molar-refractivity contribution in [3.05, 3.63) is 59.7 Å². The van der Waals surface area contributed by atoms with Gasteiger partial charge in [-0.2, -0.15) is 0 Å². The van der Waals surface area contributed by atoms with Crippen LogP contribution >= 0.6 is 12.4 Å². The smallest absolute Gasteiger partial charge is 0.246 e. The average Bonchev–Trinajstić information content (AvgIpc) is 2.74. The number of amides is 3. The van der Waals surface area contributed by atoms with Crippen LogP contribution < -0.4 is 21.7 Å². The maximum Gasteiger partial charge on any atom is 0.246 e. The molecule has 3 amide bonds. The number of hydrogen-bond donors (Lipinski definition) is 5. The molecular weight excluding hydrogens is 448 g/mol. The van der Waals surface area contributed by atoms with Crippen molar-refractivity contribution >= 4 is 35.8 Å². The first-order valence-corrected chi connectivity index (χ1v) is 10.2. The van der Waals surface area contributed by atoms with E-state index in [1.165, 1.54) is 0 Å². The van der Waals surface area contributed by atoms with Crippen LogP contribution in [-0.2, 0) is 27.2 Å². The van der Waals surface area contributed by atoms with Crippen molar-refractivity contribution in [1.29, 1.82) is 0 Å². The number of phenols is 1. The number of anilines is 1. The summed E-state index contributed by atoms with van der Waals surface area (Å²) in [6, 6.07) is 12.7. The summed E-state index contributed by atoms with van der Waals surface area (Å²) in [6.45, 7) is 1.62. The summed E-state index contributed by atoms with van der Waals surface area (Å²) >= 11 is 0. The van der Waals surface area contributed by atoms with Gasteiger partial charge in [0.25, 0.3) is 0 Å². The number of hydrogen-bond acceptors (Lipinski definition) is 5.